The number of hydrogen-bond acceptors (Lipinski definition) is 0. The van der Waals surface area contributed by atoms with Crippen molar-refractivity contribution < 1.29 is 0 Å². The molecule has 2 rings (SSSR count). The third kappa shape index (κ3) is 6.06. The van der Waals surface area contributed by atoms with E-state index in [1.807, 2.05) is 26.0 Å². The largest absolute Gasteiger partial charge is 0.0683 e. The van der Waals surface area contributed by atoms with Crippen molar-refractivity contribution in [1.82, 2.24) is 0 Å². The summed E-state index contributed by atoms with van der Waals surface area (Å²) >= 11 is -1.22. The van der Waals surface area contributed by atoms with Gasteiger partial charge in [0.2, 0.25) is 0 Å². The van der Waals surface area contributed by atoms with Crippen molar-refractivity contribution >= 4 is 18.4 Å². The van der Waals surface area contributed by atoms with E-state index in [2.05, 4.69) is 86.4 Å². The Labute approximate surface area is 146 Å². The standard InChI is InChI=1S/C20H21Se.C2H6/c1-3-5-13-18(4-2)21(20-16-11-8-12-17-20)19-14-9-6-7-10-15-19;1-2/h3-9,11-17H,1,10H2,2H3;1-2H3/b13-5-,18-4+;. The molecule has 0 spiro atoms. The fourth-order valence-electron chi connectivity index (χ4n) is 2.12. The summed E-state index contributed by atoms with van der Waals surface area (Å²) in [4.78, 5) is 0. The number of hydrogen-bond donors (Lipinski definition) is 0. The van der Waals surface area contributed by atoms with Crippen molar-refractivity contribution in [2.24, 2.45) is 0 Å². The molecule has 0 N–H and O–H groups in total. The Morgan fingerprint density at radius 3 is 2.52 bits per heavy atom. The average Bonchev–Trinajstić information content (AvgIpc) is 2.90. The summed E-state index contributed by atoms with van der Waals surface area (Å²) in [6, 6.07) is 10.9. The van der Waals surface area contributed by atoms with Gasteiger partial charge in [-0.2, -0.15) is 0 Å². The van der Waals surface area contributed by atoms with Crippen LogP contribution in [0.4, 0.5) is 0 Å². The molecule has 0 aromatic heterocycles. The Morgan fingerprint density at radius 1 is 1.13 bits per heavy atom. The molecule has 0 bridgehead atoms. The van der Waals surface area contributed by atoms with E-state index in [0.717, 1.165) is 6.42 Å². The zero-order valence-electron chi connectivity index (χ0n) is 14.4. The third-order valence-electron chi connectivity index (χ3n) is 3.09. The zero-order valence-corrected chi connectivity index (χ0v) is 16.1. The number of rotatable bonds is 5. The molecular formula is C22H27Se. The van der Waals surface area contributed by atoms with Crippen LogP contribution in [0.3, 0.4) is 0 Å². The topological polar surface area (TPSA) is 0 Å². The summed E-state index contributed by atoms with van der Waals surface area (Å²) < 4.78 is 4.32. The minimum atomic E-state index is -1.22. The van der Waals surface area contributed by atoms with Crippen LogP contribution in [-0.2, 0) is 0 Å². The SMILES string of the molecule is C=C/C=C\C(=C/C)[Se](C1=CCC=CC=C1)c1ccccc1.CC. The van der Waals surface area contributed by atoms with E-state index in [0.29, 0.717) is 0 Å². The first-order valence-corrected chi connectivity index (χ1v) is 10.7. The molecule has 0 saturated carbocycles. The first-order valence-electron chi connectivity index (χ1n) is 8.15. The van der Waals surface area contributed by atoms with Crippen molar-refractivity contribution in [3.05, 3.63) is 101 Å². The van der Waals surface area contributed by atoms with Crippen LogP contribution in [0.1, 0.15) is 27.2 Å². The summed E-state index contributed by atoms with van der Waals surface area (Å²) in [5.41, 5.74) is 0. The Hall–Kier alpha value is -1.82. The van der Waals surface area contributed by atoms with E-state index in [9.17, 15) is 0 Å². The van der Waals surface area contributed by atoms with Crippen LogP contribution in [0, 0.1) is 0 Å². The third-order valence-corrected chi connectivity index (χ3v) is 8.05. The summed E-state index contributed by atoms with van der Waals surface area (Å²) in [6.07, 6.45) is 20.5. The molecule has 0 nitrogen and oxygen atoms in total. The molecule has 0 fully saturated rings. The Kier molecular flexibility index (Phi) is 9.79. The average molecular weight is 370 g/mol. The molecule has 0 unspecified atom stereocenters. The molecule has 0 heterocycles. The van der Waals surface area contributed by atoms with Gasteiger partial charge in [0.15, 0.2) is 0 Å². The van der Waals surface area contributed by atoms with Crippen molar-refractivity contribution in [3.63, 3.8) is 0 Å². The number of allylic oxidation sites excluding steroid dienone is 11. The van der Waals surface area contributed by atoms with Crippen LogP contribution >= 0.6 is 0 Å². The Bertz CT molecular complexity index is 613. The Balaban J connectivity index is 0.00000127. The Morgan fingerprint density at radius 2 is 1.87 bits per heavy atom. The van der Waals surface area contributed by atoms with Gasteiger partial charge in [-0.05, 0) is 0 Å². The maximum atomic E-state index is 3.79. The normalized spacial score (nSPS) is 14.3. The zero-order chi connectivity index (χ0) is 16.9. The summed E-state index contributed by atoms with van der Waals surface area (Å²) in [7, 11) is 0. The monoisotopic (exact) mass is 371 g/mol. The van der Waals surface area contributed by atoms with Crippen LogP contribution in [0.15, 0.2) is 101 Å². The van der Waals surface area contributed by atoms with Crippen LogP contribution in [0.2, 0.25) is 0 Å². The molecule has 1 aromatic carbocycles. The van der Waals surface area contributed by atoms with E-state index >= 15 is 0 Å². The van der Waals surface area contributed by atoms with Crippen molar-refractivity contribution in [1.29, 1.82) is 0 Å². The van der Waals surface area contributed by atoms with E-state index < -0.39 is 13.9 Å². The van der Waals surface area contributed by atoms with Crippen molar-refractivity contribution in [2.45, 2.75) is 27.2 Å². The van der Waals surface area contributed by atoms with Crippen molar-refractivity contribution in [2.75, 3.05) is 0 Å². The van der Waals surface area contributed by atoms with Gasteiger partial charge in [0.25, 0.3) is 0 Å². The minimum Gasteiger partial charge on any atom is -0.0683 e. The van der Waals surface area contributed by atoms with Crippen molar-refractivity contribution in [3.8, 4) is 0 Å². The predicted molar refractivity (Wildman–Crippen MR) is 107 cm³/mol. The summed E-state index contributed by atoms with van der Waals surface area (Å²) in [5, 5.41) is 0. The second kappa shape index (κ2) is 11.7. The molecular weight excluding hydrogens is 343 g/mol. The van der Waals surface area contributed by atoms with Gasteiger partial charge in [0.1, 0.15) is 0 Å². The minimum absolute atomic E-state index is 1.01. The van der Waals surface area contributed by atoms with Crippen LogP contribution in [-0.4, -0.2) is 13.9 Å². The van der Waals surface area contributed by atoms with Crippen LogP contribution in [0.25, 0.3) is 0 Å². The molecule has 1 heteroatoms. The molecule has 1 aliphatic rings. The number of benzene rings is 1. The molecule has 1 aliphatic carbocycles. The quantitative estimate of drug-likeness (QED) is 0.466. The van der Waals surface area contributed by atoms with Gasteiger partial charge in [-0.15, -0.1) is 0 Å². The molecule has 0 aliphatic heterocycles. The van der Waals surface area contributed by atoms with E-state index in [-0.39, 0.29) is 0 Å². The van der Waals surface area contributed by atoms with Crippen LogP contribution < -0.4 is 4.46 Å². The molecule has 1 aromatic rings. The van der Waals surface area contributed by atoms with Gasteiger partial charge in [-0.1, -0.05) is 13.8 Å². The van der Waals surface area contributed by atoms with Gasteiger partial charge < -0.3 is 0 Å². The maximum absolute atomic E-state index is 3.79. The van der Waals surface area contributed by atoms with Gasteiger partial charge in [0, 0.05) is 0 Å². The smallest absolute Gasteiger partial charge is 0.0683 e. The fourth-order valence-corrected chi connectivity index (χ4v) is 6.68. The maximum Gasteiger partial charge on any atom is -0.0683 e. The first-order chi connectivity index (χ1) is 11.4. The molecule has 0 atom stereocenters. The van der Waals surface area contributed by atoms with Gasteiger partial charge in [-0.3, -0.25) is 0 Å². The molecule has 1 radical (unpaired) electrons. The molecule has 0 amide bonds. The first kappa shape index (κ1) is 19.2. The fraction of sp³-hybridized carbons (Fsp3) is 0.182. The second-order valence-electron chi connectivity index (χ2n) is 4.53. The van der Waals surface area contributed by atoms with Gasteiger partial charge in [-0.25, -0.2) is 0 Å². The van der Waals surface area contributed by atoms with Gasteiger partial charge >= 0.3 is 132 Å². The summed E-state index contributed by atoms with van der Waals surface area (Å²) in [5.74, 6) is 0. The second-order valence-corrected chi connectivity index (χ2v) is 8.79. The molecule has 121 valence electrons. The molecule has 23 heavy (non-hydrogen) atoms. The van der Waals surface area contributed by atoms with E-state index in [1.54, 1.807) is 0 Å². The van der Waals surface area contributed by atoms with Gasteiger partial charge in [0.05, 0.1) is 0 Å². The van der Waals surface area contributed by atoms with Crippen LogP contribution in [0.5, 0.6) is 0 Å². The predicted octanol–water partition coefficient (Wildman–Crippen LogP) is 5.62. The molecule has 0 saturated heterocycles. The van der Waals surface area contributed by atoms with E-state index in [1.165, 1.54) is 13.4 Å². The summed E-state index contributed by atoms with van der Waals surface area (Å²) in [6.45, 7) is 9.91. The van der Waals surface area contributed by atoms with E-state index in [4.69, 9.17) is 0 Å².